The summed E-state index contributed by atoms with van der Waals surface area (Å²) in [7, 11) is 0. The molecule has 0 aromatic carbocycles. The number of esters is 1. The molecule has 0 fully saturated rings. The van der Waals surface area contributed by atoms with Crippen LogP contribution >= 0.6 is 0 Å². The minimum absolute atomic E-state index is 0.201. The van der Waals surface area contributed by atoms with E-state index in [1.165, 1.54) is 0 Å². The van der Waals surface area contributed by atoms with Gasteiger partial charge in [0.2, 0.25) is 0 Å². The van der Waals surface area contributed by atoms with Crippen molar-refractivity contribution < 1.29 is 9.53 Å². The number of carbonyl (C=O) groups is 1. The van der Waals surface area contributed by atoms with Gasteiger partial charge in [-0.3, -0.25) is 4.98 Å². The van der Waals surface area contributed by atoms with Crippen molar-refractivity contribution >= 4 is 5.97 Å². The lowest BCUT2D eigenvalue weighted by Crippen LogP contribution is -2.05. The van der Waals surface area contributed by atoms with Crippen LogP contribution in [0.15, 0.2) is 36.5 Å². The maximum absolute atomic E-state index is 11.0. The topological polar surface area (TPSA) is 39.2 Å². The van der Waals surface area contributed by atoms with Gasteiger partial charge in [0, 0.05) is 11.8 Å². The number of rotatable bonds is 3. The van der Waals surface area contributed by atoms with Gasteiger partial charge in [-0.25, -0.2) is 4.79 Å². The zero-order valence-corrected chi connectivity index (χ0v) is 7.49. The molecule has 0 amide bonds. The number of aromatic nitrogens is 1. The average Bonchev–Trinajstić information content (AvgIpc) is 2.15. The molecular weight excluding hydrogens is 166 g/mol. The quantitative estimate of drug-likeness (QED) is 0.521. The van der Waals surface area contributed by atoms with Gasteiger partial charge in [0.05, 0.1) is 5.69 Å². The van der Waals surface area contributed by atoms with Crippen molar-refractivity contribution in [2.24, 2.45) is 0 Å². The second-order valence-electron chi connectivity index (χ2n) is 2.68. The van der Waals surface area contributed by atoms with E-state index in [0.29, 0.717) is 5.57 Å². The molecule has 1 aromatic heterocycles. The van der Waals surface area contributed by atoms with E-state index in [-0.39, 0.29) is 12.6 Å². The van der Waals surface area contributed by atoms with E-state index in [0.717, 1.165) is 5.69 Å². The molecule has 0 unspecified atom stereocenters. The molecule has 3 nitrogen and oxygen atoms in total. The summed E-state index contributed by atoms with van der Waals surface area (Å²) < 4.78 is 4.89. The number of pyridine rings is 1. The molecule has 0 bridgehead atoms. The van der Waals surface area contributed by atoms with E-state index in [1.54, 1.807) is 19.2 Å². The van der Waals surface area contributed by atoms with Crippen LogP contribution in [0.4, 0.5) is 0 Å². The standard InChI is InChI=1S/C10H11NO2/c1-8(2)10(12)13-7-9-5-3-4-6-11-9/h3-6H,1,7H2,2H3. The van der Waals surface area contributed by atoms with Crippen molar-refractivity contribution in [3.8, 4) is 0 Å². The maximum Gasteiger partial charge on any atom is 0.333 e. The fourth-order valence-electron chi connectivity index (χ4n) is 0.746. The van der Waals surface area contributed by atoms with Crippen molar-refractivity contribution in [3.63, 3.8) is 0 Å². The molecule has 0 aliphatic heterocycles. The third kappa shape index (κ3) is 3.07. The molecule has 0 spiro atoms. The minimum Gasteiger partial charge on any atom is -0.456 e. The Labute approximate surface area is 77.1 Å². The molecule has 1 rings (SSSR count). The van der Waals surface area contributed by atoms with Crippen molar-refractivity contribution in [2.45, 2.75) is 13.5 Å². The van der Waals surface area contributed by atoms with E-state index in [9.17, 15) is 4.79 Å². The largest absolute Gasteiger partial charge is 0.456 e. The van der Waals surface area contributed by atoms with Gasteiger partial charge in [0.15, 0.2) is 0 Å². The molecule has 0 aliphatic carbocycles. The van der Waals surface area contributed by atoms with Gasteiger partial charge in [-0.2, -0.15) is 0 Å². The van der Waals surface area contributed by atoms with Crippen LogP contribution in [0.3, 0.4) is 0 Å². The number of nitrogens with zero attached hydrogens (tertiary/aromatic N) is 1. The highest BCUT2D eigenvalue weighted by molar-refractivity contribution is 5.86. The minimum atomic E-state index is -0.384. The smallest absolute Gasteiger partial charge is 0.333 e. The molecule has 13 heavy (non-hydrogen) atoms. The first-order valence-corrected chi connectivity index (χ1v) is 3.92. The van der Waals surface area contributed by atoms with Crippen LogP contribution in [0.1, 0.15) is 12.6 Å². The van der Waals surface area contributed by atoms with Crippen molar-refractivity contribution in [1.82, 2.24) is 4.98 Å². The highest BCUT2D eigenvalue weighted by atomic mass is 16.5. The molecule has 3 heteroatoms. The van der Waals surface area contributed by atoms with Crippen LogP contribution < -0.4 is 0 Å². The van der Waals surface area contributed by atoms with Crippen LogP contribution in [0.2, 0.25) is 0 Å². The van der Waals surface area contributed by atoms with Gasteiger partial charge >= 0.3 is 5.97 Å². The Kier molecular flexibility index (Phi) is 3.20. The Hall–Kier alpha value is -1.64. The monoisotopic (exact) mass is 177 g/mol. The van der Waals surface area contributed by atoms with E-state index in [2.05, 4.69) is 11.6 Å². The molecule has 0 saturated carbocycles. The highest BCUT2D eigenvalue weighted by Crippen LogP contribution is 1.99. The lowest BCUT2D eigenvalue weighted by atomic mass is 10.3. The van der Waals surface area contributed by atoms with Gasteiger partial charge in [-0.1, -0.05) is 12.6 Å². The van der Waals surface area contributed by atoms with Crippen molar-refractivity contribution in [3.05, 3.63) is 42.2 Å². The fraction of sp³-hybridized carbons (Fsp3) is 0.200. The van der Waals surface area contributed by atoms with Crippen molar-refractivity contribution in [2.75, 3.05) is 0 Å². The van der Waals surface area contributed by atoms with E-state index < -0.39 is 0 Å². The first-order chi connectivity index (χ1) is 6.20. The van der Waals surface area contributed by atoms with Gasteiger partial charge in [-0.15, -0.1) is 0 Å². The van der Waals surface area contributed by atoms with Gasteiger partial charge in [0.25, 0.3) is 0 Å². The first-order valence-electron chi connectivity index (χ1n) is 3.92. The Bertz CT molecular complexity index is 306. The summed E-state index contributed by atoms with van der Waals surface area (Å²) >= 11 is 0. The van der Waals surface area contributed by atoms with Gasteiger partial charge < -0.3 is 4.74 Å². The normalized spacial score (nSPS) is 9.31. The summed E-state index contributed by atoms with van der Waals surface area (Å²) in [6.45, 7) is 5.29. The third-order valence-electron chi connectivity index (χ3n) is 1.43. The van der Waals surface area contributed by atoms with Gasteiger partial charge in [-0.05, 0) is 19.1 Å². The Morgan fingerprint density at radius 2 is 2.38 bits per heavy atom. The highest BCUT2D eigenvalue weighted by Gasteiger charge is 2.02. The maximum atomic E-state index is 11.0. The molecule has 1 heterocycles. The molecular formula is C10H11NO2. The van der Waals surface area contributed by atoms with Crippen LogP contribution in [0, 0.1) is 0 Å². The SMILES string of the molecule is C=C(C)C(=O)OCc1ccccn1. The summed E-state index contributed by atoms with van der Waals surface area (Å²) in [4.78, 5) is 15.0. The summed E-state index contributed by atoms with van der Waals surface area (Å²) in [6, 6.07) is 5.45. The van der Waals surface area contributed by atoms with Gasteiger partial charge in [0.1, 0.15) is 6.61 Å². The van der Waals surface area contributed by atoms with Crippen LogP contribution in [0.5, 0.6) is 0 Å². The van der Waals surface area contributed by atoms with Crippen LogP contribution in [-0.2, 0) is 16.1 Å². The fourth-order valence-corrected chi connectivity index (χ4v) is 0.746. The predicted molar refractivity (Wildman–Crippen MR) is 48.8 cm³/mol. The Morgan fingerprint density at radius 3 is 2.92 bits per heavy atom. The van der Waals surface area contributed by atoms with Crippen LogP contribution in [0.25, 0.3) is 0 Å². The van der Waals surface area contributed by atoms with Crippen LogP contribution in [-0.4, -0.2) is 11.0 Å². The van der Waals surface area contributed by atoms with E-state index in [4.69, 9.17) is 4.74 Å². The van der Waals surface area contributed by atoms with Crippen molar-refractivity contribution in [1.29, 1.82) is 0 Å². The molecule has 0 N–H and O–H groups in total. The summed E-state index contributed by atoms with van der Waals surface area (Å²) in [5.74, 6) is -0.384. The van der Waals surface area contributed by atoms with E-state index >= 15 is 0 Å². The molecule has 1 aromatic rings. The summed E-state index contributed by atoms with van der Waals surface area (Å²) in [5, 5.41) is 0. The zero-order chi connectivity index (χ0) is 9.68. The number of hydrogen-bond acceptors (Lipinski definition) is 3. The molecule has 68 valence electrons. The zero-order valence-electron chi connectivity index (χ0n) is 7.49. The molecule has 0 aliphatic rings. The first kappa shape index (κ1) is 9.45. The Balaban J connectivity index is 2.44. The molecule has 0 saturated heterocycles. The second-order valence-corrected chi connectivity index (χ2v) is 2.68. The summed E-state index contributed by atoms with van der Waals surface area (Å²) in [6.07, 6.45) is 1.66. The lowest BCUT2D eigenvalue weighted by molar-refractivity contribution is -0.140. The third-order valence-corrected chi connectivity index (χ3v) is 1.43. The average molecular weight is 177 g/mol. The number of carbonyl (C=O) groups excluding carboxylic acids is 1. The Morgan fingerprint density at radius 1 is 1.62 bits per heavy atom. The summed E-state index contributed by atoms with van der Waals surface area (Å²) in [5.41, 5.74) is 1.13. The lowest BCUT2D eigenvalue weighted by Gasteiger charge is -2.02. The predicted octanol–water partition coefficient (Wildman–Crippen LogP) is 1.70. The second kappa shape index (κ2) is 4.40. The number of hydrogen-bond donors (Lipinski definition) is 0. The van der Waals surface area contributed by atoms with E-state index in [1.807, 2.05) is 12.1 Å². The molecule has 0 radical (unpaired) electrons. The molecule has 0 atom stereocenters. The number of ether oxygens (including phenoxy) is 1.